The number of rotatable bonds is 3. The van der Waals surface area contributed by atoms with Gasteiger partial charge < -0.3 is 10.3 Å². The zero-order chi connectivity index (χ0) is 13.1. The first-order valence-corrected chi connectivity index (χ1v) is 5.42. The molecular formula is C12H14FN5. The Kier molecular flexibility index (Phi) is 3.38. The van der Waals surface area contributed by atoms with Gasteiger partial charge in [0.15, 0.2) is 0 Å². The topological polar surface area (TPSA) is 67.1 Å². The van der Waals surface area contributed by atoms with Crippen molar-refractivity contribution in [2.75, 3.05) is 17.4 Å². The summed E-state index contributed by atoms with van der Waals surface area (Å²) in [5.74, 6) is 6.63. The highest BCUT2D eigenvalue weighted by Crippen LogP contribution is 2.25. The van der Waals surface area contributed by atoms with Crippen LogP contribution in [0.2, 0.25) is 0 Å². The number of benzene rings is 1. The second-order valence-corrected chi connectivity index (χ2v) is 3.81. The number of nitrogens with one attached hydrogen (secondary N) is 1. The van der Waals surface area contributed by atoms with Crippen molar-refractivity contribution in [3.8, 4) is 0 Å². The molecule has 94 valence electrons. The Morgan fingerprint density at radius 1 is 1.28 bits per heavy atom. The van der Waals surface area contributed by atoms with Crippen LogP contribution in [-0.4, -0.2) is 17.0 Å². The number of nitrogen functional groups attached to an aromatic ring is 1. The fraction of sp³-hybridized carbons (Fsp3) is 0.167. The molecule has 5 nitrogen and oxygen atoms in total. The molecule has 0 unspecified atom stereocenters. The summed E-state index contributed by atoms with van der Waals surface area (Å²) in [7, 11) is 1.74. The molecule has 0 saturated carbocycles. The third-order valence-electron chi connectivity index (χ3n) is 2.53. The smallest absolute Gasteiger partial charge is 0.146 e. The first-order chi connectivity index (χ1) is 8.61. The zero-order valence-corrected chi connectivity index (χ0v) is 10.2. The minimum Gasteiger partial charge on any atom is -0.327 e. The molecule has 0 atom stereocenters. The van der Waals surface area contributed by atoms with Crippen molar-refractivity contribution in [2.24, 2.45) is 5.84 Å². The summed E-state index contributed by atoms with van der Waals surface area (Å²) in [5, 5.41) is 0. The monoisotopic (exact) mass is 247 g/mol. The molecule has 6 heteroatoms. The van der Waals surface area contributed by atoms with Crippen LogP contribution in [0.5, 0.6) is 0 Å². The average molecular weight is 247 g/mol. The third kappa shape index (κ3) is 2.38. The number of hydrogen-bond acceptors (Lipinski definition) is 5. The predicted octanol–water partition coefficient (Wildman–Crippen LogP) is 1.98. The molecule has 2 aromatic rings. The van der Waals surface area contributed by atoms with Gasteiger partial charge in [-0.3, -0.25) is 0 Å². The second-order valence-electron chi connectivity index (χ2n) is 3.81. The lowest BCUT2D eigenvalue weighted by atomic mass is 10.3. The fourth-order valence-electron chi connectivity index (χ4n) is 1.64. The summed E-state index contributed by atoms with van der Waals surface area (Å²) in [6, 6.07) is 8.15. The summed E-state index contributed by atoms with van der Waals surface area (Å²) in [4.78, 5) is 9.98. The van der Waals surface area contributed by atoms with E-state index in [0.29, 0.717) is 23.1 Å². The Labute approximate surface area is 104 Å². The molecule has 3 N–H and O–H groups in total. The number of anilines is 3. The van der Waals surface area contributed by atoms with E-state index in [2.05, 4.69) is 15.4 Å². The number of hydrazine groups is 1. The summed E-state index contributed by atoms with van der Waals surface area (Å²) < 4.78 is 13.7. The molecule has 1 aromatic carbocycles. The van der Waals surface area contributed by atoms with Gasteiger partial charge in [-0.1, -0.05) is 12.1 Å². The lowest BCUT2D eigenvalue weighted by Gasteiger charge is -2.19. The van der Waals surface area contributed by atoms with Gasteiger partial charge in [0.05, 0.1) is 5.69 Å². The quantitative estimate of drug-likeness (QED) is 0.641. The Morgan fingerprint density at radius 3 is 2.67 bits per heavy atom. The van der Waals surface area contributed by atoms with Gasteiger partial charge in [0, 0.05) is 13.1 Å². The molecule has 0 aliphatic heterocycles. The summed E-state index contributed by atoms with van der Waals surface area (Å²) in [5.41, 5.74) is 2.90. The predicted molar refractivity (Wildman–Crippen MR) is 69.0 cm³/mol. The number of nitrogens with two attached hydrogens (primary N) is 1. The maximum absolute atomic E-state index is 13.7. The fourth-order valence-corrected chi connectivity index (χ4v) is 1.64. The van der Waals surface area contributed by atoms with Crippen molar-refractivity contribution >= 4 is 17.3 Å². The van der Waals surface area contributed by atoms with Crippen LogP contribution in [0.25, 0.3) is 0 Å². The number of aromatic nitrogens is 2. The van der Waals surface area contributed by atoms with Gasteiger partial charge in [0.25, 0.3) is 0 Å². The van der Waals surface area contributed by atoms with Gasteiger partial charge in [0.2, 0.25) is 0 Å². The van der Waals surface area contributed by atoms with Gasteiger partial charge in [-0.15, -0.1) is 0 Å². The minimum atomic E-state index is -0.307. The molecule has 2 rings (SSSR count). The Morgan fingerprint density at radius 2 is 2.00 bits per heavy atom. The highest BCUT2D eigenvalue weighted by atomic mass is 19.1. The highest BCUT2D eigenvalue weighted by Gasteiger charge is 2.11. The molecule has 0 aliphatic rings. The van der Waals surface area contributed by atoms with Crippen LogP contribution >= 0.6 is 0 Å². The minimum absolute atomic E-state index is 0.307. The van der Waals surface area contributed by atoms with Crippen LogP contribution in [-0.2, 0) is 0 Å². The van der Waals surface area contributed by atoms with E-state index in [-0.39, 0.29) is 5.82 Å². The molecule has 0 fully saturated rings. The van der Waals surface area contributed by atoms with Crippen molar-refractivity contribution < 1.29 is 4.39 Å². The van der Waals surface area contributed by atoms with Crippen molar-refractivity contribution in [1.29, 1.82) is 0 Å². The van der Waals surface area contributed by atoms with Crippen molar-refractivity contribution in [3.05, 3.63) is 42.0 Å². The van der Waals surface area contributed by atoms with E-state index < -0.39 is 0 Å². The number of nitrogens with zero attached hydrogens (tertiary/aromatic N) is 3. The lowest BCUT2D eigenvalue weighted by molar-refractivity contribution is 0.627. The van der Waals surface area contributed by atoms with E-state index in [1.54, 1.807) is 43.1 Å². The van der Waals surface area contributed by atoms with E-state index in [1.165, 1.54) is 6.07 Å². The maximum atomic E-state index is 13.7. The first kappa shape index (κ1) is 12.3. The molecule has 0 amide bonds. The van der Waals surface area contributed by atoms with E-state index in [9.17, 15) is 4.39 Å². The molecule has 0 spiro atoms. The van der Waals surface area contributed by atoms with Gasteiger partial charge in [-0.2, -0.15) is 0 Å². The molecule has 1 heterocycles. The Balaban J connectivity index is 2.43. The molecule has 1 aromatic heterocycles. The number of para-hydroxylation sites is 1. The summed E-state index contributed by atoms with van der Waals surface area (Å²) >= 11 is 0. The van der Waals surface area contributed by atoms with Crippen LogP contribution in [0, 0.1) is 12.7 Å². The summed E-state index contributed by atoms with van der Waals surface area (Å²) in [6.45, 7) is 1.75. The van der Waals surface area contributed by atoms with Crippen molar-refractivity contribution in [1.82, 2.24) is 9.97 Å². The molecule has 0 bridgehead atoms. The maximum Gasteiger partial charge on any atom is 0.146 e. The molecule has 0 radical (unpaired) electrons. The normalized spacial score (nSPS) is 10.2. The number of aryl methyl sites for hydroxylation is 1. The number of halogens is 1. The van der Waals surface area contributed by atoms with Crippen LogP contribution in [0.4, 0.5) is 21.7 Å². The Hall–Kier alpha value is -2.21. The summed E-state index contributed by atoms with van der Waals surface area (Å²) in [6.07, 6.45) is 0. The Bertz CT molecular complexity index is 558. The van der Waals surface area contributed by atoms with Crippen LogP contribution < -0.4 is 16.2 Å². The van der Waals surface area contributed by atoms with E-state index in [1.807, 2.05) is 0 Å². The van der Waals surface area contributed by atoms with Crippen molar-refractivity contribution in [3.63, 3.8) is 0 Å². The van der Waals surface area contributed by atoms with Crippen LogP contribution in [0.1, 0.15) is 5.82 Å². The molecular weight excluding hydrogens is 233 g/mol. The average Bonchev–Trinajstić information content (AvgIpc) is 2.37. The van der Waals surface area contributed by atoms with E-state index >= 15 is 0 Å². The lowest BCUT2D eigenvalue weighted by Crippen LogP contribution is -2.16. The van der Waals surface area contributed by atoms with Gasteiger partial charge >= 0.3 is 0 Å². The first-order valence-electron chi connectivity index (χ1n) is 5.42. The largest absolute Gasteiger partial charge is 0.327 e. The van der Waals surface area contributed by atoms with Gasteiger partial charge in [0.1, 0.15) is 23.3 Å². The second kappa shape index (κ2) is 4.97. The SMILES string of the molecule is Cc1nc(NN)cc(N(C)c2ccccc2F)n1. The van der Waals surface area contributed by atoms with Crippen LogP contribution in [0.3, 0.4) is 0 Å². The van der Waals surface area contributed by atoms with Gasteiger partial charge in [-0.25, -0.2) is 20.2 Å². The molecule has 18 heavy (non-hydrogen) atoms. The van der Waals surface area contributed by atoms with E-state index in [0.717, 1.165) is 0 Å². The highest BCUT2D eigenvalue weighted by molar-refractivity contribution is 5.62. The van der Waals surface area contributed by atoms with E-state index in [4.69, 9.17) is 5.84 Å². The van der Waals surface area contributed by atoms with Crippen molar-refractivity contribution in [2.45, 2.75) is 6.92 Å². The third-order valence-corrected chi connectivity index (χ3v) is 2.53. The molecule has 0 aliphatic carbocycles. The molecule has 0 saturated heterocycles. The van der Waals surface area contributed by atoms with Gasteiger partial charge in [-0.05, 0) is 19.1 Å². The van der Waals surface area contributed by atoms with Crippen LogP contribution in [0.15, 0.2) is 30.3 Å². The standard InChI is InChI=1S/C12H14FN5/c1-8-15-11(17-14)7-12(16-8)18(2)10-6-4-3-5-9(10)13/h3-7H,14H2,1-2H3,(H,15,16,17). The number of hydrogen-bond donors (Lipinski definition) is 2. The zero-order valence-electron chi connectivity index (χ0n) is 10.2.